The van der Waals surface area contributed by atoms with E-state index in [9.17, 15) is 14.4 Å². The predicted octanol–water partition coefficient (Wildman–Crippen LogP) is 5.26. The molecule has 2 amide bonds. The van der Waals surface area contributed by atoms with Gasteiger partial charge in [-0.25, -0.2) is 4.98 Å². The number of aromatic nitrogens is 1. The summed E-state index contributed by atoms with van der Waals surface area (Å²) in [6.45, 7) is 9.61. The Labute approximate surface area is 275 Å². The minimum atomic E-state index is -0.307. The number of fused-ring (bicyclic) bond motifs is 1. The number of thiazole rings is 1. The van der Waals surface area contributed by atoms with Crippen LogP contribution < -0.4 is 10.1 Å². The number of allylic oxidation sites excluding steroid dienone is 1. The molecule has 0 radical (unpaired) electrons. The van der Waals surface area contributed by atoms with Crippen molar-refractivity contribution in [1.29, 1.82) is 0 Å². The van der Waals surface area contributed by atoms with Crippen LogP contribution in [0.15, 0.2) is 54.6 Å². The maximum absolute atomic E-state index is 13.0. The minimum Gasteiger partial charge on any atom is -0.483 e. The van der Waals surface area contributed by atoms with E-state index in [1.54, 1.807) is 18.2 Å². The van der Waals surface area contributed by atoms with Gasteiger partial charge in [-0.1, -0.05) is 37.3 Å². The summed E-state index contributed by atoms with van der Waals surface area (Å²) in [5.41, 5.74) is 2.13. The number of ether oxygens (including phenoxy) is 1. The normalized spacial score (nSPS) is 16.5. The first kappa shape index (κ1) is 35.5. The maximum Gasteiger partial charge on any atom is 0.264 e. The molecular weight excluding hydrogens is 621 g/mol. The summed E-state index contributed by atoms with van der Waals surface area (Å²) in [7, 11) is 2.16. The van der Waals surface area contributed by atoms with Gasteiger partial charge in [0.2, 0.25) is 5.91 Å². The number of halogens is 2. The smallest absolute Gasteiger partial charge is 0.264 e. The lowest BCUT2D eigenvalue weighted by molar-refractivity contribution is -0.127. The molecule has 1 N–H and O–H groups in total. The Hall–Kier alpha value is -3.02. The van der Waals surface area contributed by atoms with Crippen molar-refractivity contribution in [3.05, 3.63) is 65.7 Å². The molecule has 2 saturated heterocycles. The van der Waals surface area contributed by atoms with E-state index >= 15 is 0 Å². The molecule has 0 atom stereocenters. The molecule has 0 unspecified atom stereocenters. The number of rotatable bonds is 9. The monoisotopic (exact) mass is 661 g/mol. The van der Waals surface area contributed by atoms with Crippen molar-refractivity contribution in [2.45, 2.75) is 38.6 Å². The van der Waals surface area contributed by atoms with Crippen molar-refractivity contribution in [3.63, 3.8) is 0 Å². The summed E-state index contributed by atoms with van der Waals surface area (Å²) in [5.74, 6) is -0.0597. The number of nitrogens with zero attached hydrogens (tertiary/aromatic N) is 4. The Morgan fingerprint density at radius 2 is 1.70 bits per heavy atom. The van der Waals surface area contributed by atoms with E-state index in [-0.39, 0.29) is 54.9 Å². The van der Waals surface area contributed by atoms with E-state index in [1.807, 2.05) is 43.0 Å². The Balaban J connectivity index is 0.00000264. The quantitative estimate of drug-likeness (QED) is 0.247. The highest BCUT2D eigenvalue weighted by Crippen LogP contribution is 2.29. The first-order chi connectivity index (χ1) is 20.3. The van der Waals surface area contributed by atoms with Gasteiger partial charge >= 0.3 is 0 Å². The molecule has 238 valence electrons. The van der Waals surface area contributed by atoms with Crippen molar-refractivity contribution in [3.8, 4) is 5.75 Å². The molecule has 44 heavy (non-hydrogen) atoms. The third kappa shape index (κ3) is 9.01. The van der Waals surface area contributed by atoms with Crippen molar-refractivity contribution < 1.29 is 19.1 Å². The molecule has 0 bridgehead atoms. The summed E-state index contributed by atoms with van der Waals surface area (Å²) in [5, 5.41) is 3.32. The number of carbonyl (C=O) groups is 3. The average Bonchev–Trinajstić information content (AvgIpc) is 3.41. The topological polar surface area (TPSA) is 95.1 Å². The van der Waals surface area contributed by atoms with E-state index < -0.39 is 0 Å². The fourth-order valence-electron chi connectivity index (χ4n) is 5.50. The third-order valence-corrected chi connectivity index (χ3v) is 8.97. The summed E-state index contributed by atoms with van der Waals surface area (Å²) in [6.07, 6.45) is 4.69. The second-order valence-electron chi connectivity index (χ2n) is 11.3. The Kier molecular flexibility index (Phi) is 13.2. The highest BCUT2D eigenvalue weighted by molar-refractivity contribution is 7.22. The summed E-state index contributed by atoms with van der Waals surface area (Å²) >= 11 is 1.41. The number of amides is 2. The van der Waals surface area contributed by atoms with Crippen LogP contribution in [0, 0.1) is 0 Å². The third-order valence-electron chi connectivity index (χ3n) is 8.02. The standard InChI is InChI=1S/C32H39N5O4S.2ClH/c1-22(2)25-20-23(8-10-28(25)41-21-30(39)34-32-33-26-6-4-5-7-29(26)42-32)27(38)9-11-31(40)37-14-12-24(13-15-37)36-18-16-35(3)17-19-36;;/h4-11,20,22,24H,12-19,21H2,1-3H3,(H,33,34,39);2*1H. The predicted molar refractivity (Wildman–Crippen MR) is 181 cm³/mol. The van der Waals surface area contributed by atoms with Gasteiger partial charge in [-0.05, 0) is 67.8 Å². The van der Waals surface area contributed by atoms with Gasteiger partial charge < -0.3 is 14.5 Å². The molecule has 2 aliphatic rings. The zero-order valence-electron chi connectivity index (χ0n) is 25.4. The van der Waals surface area contributed by atoms with Gasteiger partial charge in [0.05, 0.1) is 10.2 Å². The molecule has 1 aromatic heterocycles. The highest BCUT2D eigenvalue weighted by atomic mass is 35.5. The van der Waals surface area contributed by atoms with Crippen LogP contribution in [0.4, 0.5) is 5.13 Å². The number of anilines is 1. The number of hydrogen-bond acceptors (Lipinski definition) is 8. The molecule has 5 rings (SSSR count). The van der Waals surface area contributed by atoms with Gasteiger partial charge in [-0.2, -0.15) is 0 Å². The molecule has 3 heterocycles. The molecule has 0 aliphatic carbocycles. The van der Waals surface area contributed by atoms with Crippen LogP contribution in [0.2, 0.25) is 0 Å². The second kappa shape index (κ2) is 16.3. The zero-order chi connectivity index (χ0) is 29.6. The van der Waals surface area contributed by atoms with Crippen LogP contribution in [-0.4, -0.2) is 96.2 Å². The SMILES string of the molecule is CC(C)c1cc(C(=O)C=CC(=O)N2CCC(N3CCN(C)CC3)CC2)ccc1OCC(=O)Nc1nc2ccccc2s1.Cl.Cl. The Morgan fingerprint density at radius 1 is 1.00 bits per heavy atom. The number of carbonyl (C=O) groups excluding carboxylic acids is 3. The summed E-state index contributed by atoms with van der Waals surface area (Å²) in [4.78, 5) is 49.5. The van der Waals surface area contributed by atoms with E-state index in [4.69, 9.17) is 4.74 Å². The van der Waals surface area contributed by atoms with Crippen molar-refractivity contribution >= 4 is 69.1 Å². The number of piperidine rings is 1. The lowest BCUT2D eigenvalue weighted by Crippen LogP contribution is -2.52. The number of benzene rings is 2. The molecule has 9 nitrogen and oxygen atoms in total. The van der Waals surface area contributed by atoms with Crippen molar-refractivity contribution in [2.75, 3.05) is 58.2 Å². The largest absolute Gasteiger partial charge is 0.483 e. The van der Waals surface area contributed by atoms with Crippen molar-refractivity contribution in [1.82, 2.24) is 19.7 Å². The van der Waals surface area contributed by atoms with Crippen molar-refractivity contribution in [2.24, 2.45) is 0 Å². The van der Waals surface area contributed by atoms with Gasteiger partial charge in [0.1, 0.15) is 5.75 Å². The minimum absolute atomic E-state index is 0. The molecule has 2 aliphatic heterocycles. The number of likely N-dealkylation sites (tertiary alicyclic amines) is 1. The summed E-state index contributed by atoms with van der Waals surface area (Å²) in [6, 6.07) is 13.4. The van der Waals surface area contributed by atoms with Gasteiger partial charge in [-0.3, -0.25) is 24.6 Å². The van der Waals surface area contributed by atoms with Crippen LogP contribution >= 0.6 is 36.2 Å². The molecule has 2 aromatic carbocycles. The number of piperazine rings is 1. The molecule has 0 saturated carbocycles. The van der Waals surface area contributed by atoms with E-state index in [1.165, 1.54) is 23.5 Å². The van der Waals surface area contributed by atoms with Crippen LogP contribution in [0.5, 0.6) is 5.75 Å². The van der Waals surface area contributed by atoms with E-state index in [2.05, 4.69) is 27.1 Å². The number of para-hydroxylation sites is 1. The molecule has 12 heteroatoms. The molecule has 3 aromatic rings. The number of nitrogens with one attached hydrogen (secondary N) is 1. The van der Waals surface area contributed by atoms with Crippen LogP contribution in [0.25, 0.3) is 10.2 Å². The Morgan fingerprint density at radius 3 is 2.39 bits per heavy atom. The number of hydrogen-bond donors (Lipinski definition) is 1. The second-order valence-corrected chi connectivity index (χ2v) is 12.4. The zero-order valence-corrected chi connectivity index (χ0v) is 27.8. The van der Waals surface area contributed by atoms with Crippen LogP contribution in [-0.2, 0) is 9.59 Å². The van der Waals surface area contributed by atoms with Crippen LogP contribution in [0.3, 0.4) is 0 Å². The maximum atomic E-state index is 13.0. The fraction of sp³-hybridized carbons (Fsp3) is 0.438. The van der Waals surface area contributed by atoms with Gasteiger partial charge in [0.15, 0.2) is 17.5 Å². The lowest BCUT2D eigenvalue weighted by atomic mass is 9.97. The average molecular weight is 663 g/mol. The summed E-state index contributed by atoms with van der Waals surface area (Å²) < 4.78 is 6.84. The first-order valence-corrected chi connectivity index (χ1v) is 15.4. The van der Waals surface area contributed by atoms with Crippen LogP contribution in [0.1, 0.15) is 48.5 Å². The molecular formula is C32H41Cl2N5O4S. The molecule has 0 spiro atoms. The fourth-order valence-corrected chi connectivity index (χ4v) is 6.38. The number of likely N-dealkylation sites (N-methyl/N-ethyl adjacent to an activating group) is 1. The first-order valence-electron chi connectivity index (χ1n) is 14.6. The lowest BCUT2D eigenvalue weighted by Gasteiger charge is -2.41. The number of ketones is 1. The van der Waals surface area contributed by atoms with E-state index in [0.717, 1.165) is 54.8 Å². The molecule has 2 fully saturated rings. The van der Waals surface area contributed by atoms with Gasteiger partial charge in [-0.15, -0.1) is 24.8 Å². The van der Waals surface area contributed by atoms with Gasteiger partial charge in [0, 0.05) is 56.9 Å². The highest BCUT2D eigenvalue weighted by Gasteiger charge is 2.28. The van der Waals surface area contributed by atoms with Gasteiger partial charge in [0.25, 0.3) is 5.91 Å². The Bertz CT molecular complexity index is 1430. The van der Waals surface area contributed by atoms with E-state index in [0.29, 0.717) is 35.6 Å².